The summed E-state index contributed by atoms with van der Waals surface area (Å²) in [5.41, 5.74) is 0.808. The van der Waals surface area contributed by atoms with Crippen molar-refractivity contribution >= 4 is 23.7 Å². The number of nitrogens with one attached hydrogen (secondary N) is 1. The number of nitrogens with zero attached hydrogens (tertiary/aromatic N) is 2. The van der Waals surface area contributed by atoms with E-state index in [2.05, 4.69) is 4.99 Å². The highest BCUT2D eigenvalue weighted by Crippen LogP contribution is 2.30. The van der Waals surface area contributed by atoms with Gasteiger partial charge in [-0.1, -0.05) is 24.3 Å². The average Bonchev–Trinajstić information content (AvgIpc) is 3.17. The summed E-state index contributed by atoms with van der Waals surface area (Å²) in [6, 6.07) is 14.9. The molecule has 0 aromatic heterocycles. The topological polar surface area (TPSA) is 93.4 Å². The maximum Gasteiger partial charge on any atom is 0.282 e. The Morgan fingerprint density at radius 2 is 1.88 bits per heavy atom. The number of amidine groups is 2. The van der Waals surface area contributed by atoms with Crippen LogP contribution in [0, 0.1) is 5.41 Å². The number of carbonyl (C=O) groups is 1. The molecule has 2 aliphatic heterocycles. The maximum absolute atomic E-state index is 12.4. The Bertz CT molecular complexity index is 1120. The zero-order valence-electron chi connectivity index (χ0n) is 17.8. The largest absolute Gasteiger partial charge is 0.493 e. The fraction of sp³-hybridized carbons (Fsp3) is 0.208. The minimum atomic E-state index is -0.492. The van der Waals surface area contributed by atoms with E-state index in [9.17, 15) is 4.79 Å². The number of carbonyl (C=O) groups excluding carboxylic acids is 1. The Morgan fingerprint density at radius 1 is 1.09 bits per heavy atom. The zero-order chi connectivity index (χ0) is 22.5. The van der Waals surface area contributed by atoms with E-state index in [0.717, 1.165) is 5.75 Å². The van der Waals surface area contributed by atoms with Crippen LogP contribution in [-0.4, -0.2) is 43.0 Å². The number of fused-ring (bicyclic) bond motifs is 1. The molecule has 8 nitrogen and oxygen atoms in total. The molecule has 0 saturated carbocycles. The van der Waals surface area contributed by atoms with E-state index in [1.165, 1.54) is 5.06 Å². The van der Waals surface area contributed by atoms with Gasteiger partial charge in [0.25, 0.3) is 5.91 Å². The van der Waals surface area contributed by atoms with E-state index >= 15 is 0 Å². The third-order valence-electron chi connectivity index (χ3n) is 4.74. The predicted octanol–water partition coefficient (Wildman–Crippen LogP) is 3.99. The summed E-state index contributed by atoms with van der Waals surface area (Å²) < 4.78 is 16.9. The van der Waals surface area contributed by atoms with Crippen LogP contribution in [0.2, 0.25) is 0 Å². The summed E-state index contributed by atoms with van der Waals surface area (Å²) in [7, 11) is 1.55. The number of amides is 1. The molecule has 4 rings (SSSR count). The number of para-hydroxylation sites is 1. The SMILES string of the molecule is COc1cc(/C=C2\C(=N)N3OC(C)=CC3=NC2=O)ccc1OCCCOc1ccccc1. The quantitative estimate of drug-likeness (QED) is 0.500. The Kier molecular flexibility index (Phi) is 6.21. The van der Waals surface area contributed by atoms with E-state index < -0.39 is 5.91 Å². The fourth-order valence-electron chi connectivity index (χ4n) is 3.21. The van der Waals surface area contributed by atoms with Crippen LogP contribution in [0.5, 0.6) is 17.2 Å². The molecule has 0 radical (unpaired) electrons. The van der Waals surface area contributed by atoms with Crippen molar-refractivity contribution in [3.8, 4) is 17.2 Å². The van der Waals surface area contributed by atoms with Crippen LogP contribution >= 0.6 is 0 Å². The molecular weight excluding hydrogens is 410 g/mol. The molecule has 8 heteroatoms. The van der Waals surface area contributed by atoms with Gasteiger partial charge in [0.15, 0.2) is 23.2 Å². The number of aliphatic imine (C=N–C) groups is 1. The second-order valence-electron chi connectivity index (χ2n) is 7.10. The average molecular weight is 433 g/mol. The highest BCUT2D eigenvalue weighted by molar-refractivity contribution is 6.32. The van der Waals surface area contributed by atoms with Gasteiger partial charge < -0.3 is 19.0 Å². The number of hydroxylamine groups is 2. The molecule has 0 fully saturated rings. The summed E-state index contributed by atoms with van der Waals surface area (Å²) in [6.07, 6.45) is 3.91. The van der Waals surface area contributed by atoms with E-state index in [4.69, 9.17) is 24.5 Å². The van der Waals surface area contributed by atoms with Crippen LogP contribution in [0.25, 0.3) is 6.08 Å². The van der Waals surface area contributed by atoms with Crippen molar-refractivity contribution in [2.45, 2.75) is 13.3 Å². The minimum absolute atomic E-state index is 0.0641. The first-order valence-electron chi connectivity index (χ1n) is 10.1. The third-order valence-corrected chi connectivity index (χ3v) is 4.74. The number of hydrogen-bond donors (Lipinski definition) is 1. The van der Waals surface area contributed by atoms with Gasteiger partial charge in [-0.05, 0) is 42.8 Å². The molecule has 0 bridgehead atoms. The molecule has 1 N–H and O–H groups in total. The molecular formula is C24H23N3O5. The van der Waals surface area contributed by atoms with E-state index in [0.29, 0.717) is 48.3 Å². The molecule has 0 saturated heterocycles. The Morgan fingerprint density at radius 3 is 2.66 bits per heavy atom. The summed E-state index contributed by atoms with van der Waals surface area (Å²) >= 11 is 0. The number of rotatable bonds is 8. The Hall–Kier alpha value is -4.07. The number of benzene rings is 2. The van der Waals surface area contributed by atoms with Crippen LogP contribution in [-0.2, 0) is 9.63 Å². The van der Waals surface area contributed by atoms with Crippen LogP contribution in [0.4, 0.5) is 0 Å². The predicted molar refractivity (Wildman–Crippen MR) is 120 cm³/mol. The summed E-state index contributed by atoms with van der Waals surface area (Å²) in [4.78, 5) is 21.8. The summed E-state index contributed by atoms with van der Waals surface area (Å²) in [5.74, 6) is 2.26. The van der Waals surface area contributed by atoms with Gasteiger partial charge in [-0.2, -0.15) is 4.99 Å². The lowest BCUT2D eigenvalue weighted by Gasteiger charge is -2.23. The number of hydrogen-bond acceptors (Lipinski definition) is 6. The zero-order valence-corrected chi connectivity index (χ0v) is 17.8. The number of allylic oxidation sites excluding steroid dienone is 1. The van der Waals surface area contributed by atoms with Gasteiger partial charge in [-0.25, -0.2) is 0 Å². The number of methoxy groups -OCH3 is 1. The first kappa shape index (κ1) is 21.2. The molecule has 0 spiro atoms. The first-order valence-corrected chi connectivity index (χ1v) is 10.1. The van der Waals surface area contributed by atoms with Crippen molar-refractivity contribution in [1.82, 2.24) is 5.06 Å². The second-order valence-corrected chi connectivity index (χ2v) is 7.10. The standard InChI is InChI=1S/C24H23N3O5/c1-16-13-22-26-24(28)19(23(25)27(22)32-16)14-17-9-10-20(21(15-17)29-2)31-12-6-11-30-18-7-4-3-5-8-18/h3-5,7-10,13-15,25H,6,11-12H2,1-2H3/b19-14+,25-23?. The van der Waals surface area contributed by atoms with Crippen molar-refractivity contribution in [1.29, 1.82) is 5.41 Å². The molecule has 0 aliphatic carbocycles. The van der Waals surface area contributed by atoms with E-state index in [1.54, 1.807) is 44.4 Å². The molecule has 2 heterocycles. The van der Waals surface area contributed by atoms with Crippen molar-refractivity contribution in [2.75, 3.05) is 20.3 Å². The molecule has 0 atom stereocenters. The van der Waals surface area contributed by atoms with Gasteiger partial charge >= 0.3 is 0 Å². The van der Waals surface area contributed by atoms with Crippen molar-refractivity contribution in [3.63, 3.8) is 0 Å². The van der Waals surface area contributed by atoms with Crippen molar-refractivity contribution < 1.29 is 23.8 Å². The van der Waals surface area contributed by atoms with Crippen molar-refractivity contribution in [3.05, 3.63) is 71.5 Å². The van der Waals surface area contributed by atoms with Gasteiger partial charge in [-0.15, -0.1) is 5.06 Å². The third kappa shape index (κ3) is 4.64. The first-order chi connectivity index (χ1) is 15.5. The normalized spacial score (nSPS) is 16.3. The number of ether oxygens (including phenoxy) is 3. The van der Waals surface area contributed by atoms with E-state index in [1.807, 2.05) is 30.3 Å². The van der Waals surface area contributed by atoms with Gasteiger partial charge in [0.2, 0.25) is 0 Å². The van der Waals surface area contributed by atoms with Gasteiger partial charge in [0, 0.05) is 12.5 Å². The van der Waals surface area contributed by atoms with Gasteiger partial charge in [0.05, 0.1) is 25.9 Å². The lowest BCUT2D eigenvalue weighted by atomic mass is 10.1. The van der Waals surface area contributed by atoms with Gasteiger partial charge in [-0.3, -0.25) is 10.2 Å². The van der Waals surface area contributed by atoms with Crippen LogP contribution < -0.4 is 14.2 Å². The minimum Gasteiger partial charge on any atom is -0.493 e. The molecule has 1 amide bonds. The van der Waals surface area contributed by atoms with E-state index in [-0.39, 0.29) is 11.4 Å². The molecule has 32 heavy (non-hydrogen) atoms. The second kappa shape index (κ2) is 9.38. The van der Waals surface area contributed by atoms with Gasteiger partial charge in [0.1, 0.15) is 11.5 Å². The fourth-order valence-corrected chi connectivity index (χ4v) is 3.21. The van der Waals surface area contributed by atoms with Crippen molar-refractivity contribution in [2.24, 2.45) is 4.99 Å². The summed E-state index contributed by atoms with van der Waals surface area (Å²) in [6.45, 7) is 2.73. The smallest absolute Gasteiger partial charge is 0.282 e. The lowest BCUT2D eigenvalue weighted by molar-refractivity contribution is -0.114. The highest BCUT2D eigenvalue weighted by Gasteiger charge is 2.34. The molecule has 2 aliphatic rings. The monoisotopic (exact) mass is 433 g/mol. The Balaban J connectivity index is 1.39. The molecule has 164 valence electrons. The van der Waals surface area contributed by atoms with Crippen LogP contribution in [0.1, 0.15) is 18.9 Å². The lowest BCUT2D eigenvalue weighted by Crippen LogP contribution is -2.38. The highest BCUT2D eigenvalue weighted by atomic mass is 16.7. The molecule has 0 unspecified atom stereocenters. The molecule has 2 aromatic carbocycles. The maximum atomic E-state index is 12.4. The summed E-state index contributed by atoms with van der Waals surface area (Å²) in [5, 5.41) is 9.54. The van der Waals surface area contributed by atoms with Crippen LogP contribution in [0.3, 0.4) is 0 Å². The molecule has 2 aromatic rings. The Labute approximate surface area is 185 Å². The van der Waals surface area contributed by atoms with Crippen LogP contribution in [0.15, 0.2) is 70.9 Å².